The molecular weight excluding hydrogens is 346 g/mol. The molecule has 25 heavy (non-hydrogen) atoms. The number of amides is 2. The highest BCUT2D eigenvalue weighted by atomic mass is 35.5. The lowest BCUT2D eigenvalue weighted by molar-refractivity contribution is -0.384. The molecule has 0 radical (unpaired) electrons. The molecule has 0 aromatic heterocycles. The summed E-state index contributed by atoms with van der Waals surface area (Å²) in [6.07, 6.45) is 1.43. The third kappa shape index (κ3) is 4.69. The van der Waals surface area contributed by atoms with E-state index in [1.807, 2.05) is 20.8 Å². The molecule has 1 atom stereocenters. The van der Waals surface area contributed by atoms with Crippen LogP contribution >= 0.6 is 11.6 Å². The van der Waals surface area contributed by atoms with Crippen molar-refractivity contribution in [1.82, 2.24) is 4.90 Å². The van der Waals surface area contributed by atoms with Crippen molar-refractivity contribution < 1.29 is 14.5 Å². The second-order valence-electron chi connectivity index (χ2n) is 7.25. The highest BCUT2D eigenvalue weighted by Crippen LogP contribution is 2.28. The van der Waals surface area contributed by atoms with Gasteiger partial charge in [-0.25, -0.2) is 0 Å². The third-order valence-corrected chi connectivity index (χ3v) is 4.45. The normalized spacial score (nSPS) is 17.9. The molecule has 7 nitrogen and oxygen atoms in total. The Bertz CT molecular complexity index is 700. The molecule has 1 unspecified atom stereocenters. The van der Waals surface area contributed by atoms with Gasteiger partial charge in [0.25, 0.3) is 5.69 Å². The van der Waals surface area contributed by atoms with E-state index >= 15 is 0 Å². The summed E-state index contributed by atoms with van der Waals surface area (Å²) >= 11 is 5.77. The van der Waals surface area contributed by atoms with E-state index < -0.39 is 10.3 Å². The molecule has 1 fully saturated rings. The van der Waals surface area contributed by atoms with Gasteiger partial charge in [0.15, 0.2) is 0 Å². The van der Waals surface area contributed by atoms with E-state index in [1.54, 1.807) is 4.90 Å². The molecule has 0 saturated carbocycles. The standard InChI is InChI=1S/C17H22ClN3O4/c1-17(2,3)16(23)20-8-4-5-11(10-20)15(22)19-12-6-7-13(18)14(9-12)21(24)25/h6-7,9,11H,4-5,8,10H2,1-3H3,(H,19,22). The van der Waals surface area contributed by atoms with E-state index in [2.05, 4.69) is 5.32 Å². The van der Waals surface area contributed by atoms with Crippen molar-refractivity contribution in [2.75, 3.05) is 18.4 Å². The van der Waals surface area contributed by atoms with Gasteiger partial charge in [-0.2, -0.15) is 0 Å². The molecule has 2 amide bonds. The van der Waals surface area contributed by atoms with Crippen molar-refractivity contribution in [3.8, 4) is 0 Å². The Morgan fingerprint density at radius 3 is 2.64 bits per heavy atom. The molecule has 1 N–H and O–H groups in total. The molecular formula is C17H22ClN3O4. The quantitative estimate of drug-likeness (QED) is 0.653. The van der Waals surface area contributed by atoms with Crippen molar-refractivity contribution in [2.45, 2.75) is 33.6 Å². The van der Waals surface area contributed by atoms with Gasteiger partial charge in [0.05, 0.1) is 10.8 Å². The van der Waals surface area contributed by atoms with Crippen LogP contribution in [0.2, 0.25) is 5.02 Å². The van der Waals surface area contributed by atoms with Crippen molar-refractivity contribution >= 4 is 34.8 Å². The van der Waals surface area contributed by atoms with Gasteiger partial charge in [-0.05, 0) is 25.0 Å². The lowest BCUT2D eigenvalue weighted by Crippen LogP contribution is -2.47. The van der Waals surface area contributed by atoms with E-state index in [9.17, 15) is 19.7 Å². The van der Waals surface area contributed by atoms with Gasteiger partial charge in [-0.3, -0.25) is 19.7 Å². The summed E-state index contributed by atoms with van der Waals surface area (Å²) in [5.74, 6) is -0.565. The first kappa shape index (κ1) is 19.2. The average Bonchev–Trinajstić information content (AvgIpc) is 2.54. The molecule has 2 rings (SSSR count). The molecule has 0 aliphatic carbocycles. The molecule has 1 saturated heterocycles. The largest absolute Gasteiger partial charge is 0.341 e. The number of hydrogen-bond donors (Lipinski definition) is 1. The van der Waals surface area contributed by atoms with Crippen molar-refractivity contribution in [3.05, 3.63) is 33.3 Å². The maximum absolute atomic E-state index is 12.5. The summed E-state index contributed by atoms with van der Waals surface area (Å²) in [7, 11) is 0. The van der Waals surface area contributed by atoms with E-state index in [0.29, 0.717) is 25.2 Å². The van der Waals surface area contributed by atoms with Crippen LogP contribution in [0.15, 0.2) is 18.2 Å². The number of nitro benzene ring substituents is 1. The summed E-state index contributed by atoms with van der Waals surface area (Å²) in [6, 6.07) is 4.14. The topological polar surface area (TPSA) is 92.6 Å². The maximum Gasteiger partial charge on any atom is 0.289 e. The van der Waals surface area contributed by atoms with Crippen LogP contribution in [0.25, 0.3) is 0 Å². The molecule has 8 heteroatoms. The van der Waals surface area contributed by atoms with Gasteiger partial charge in [0.2, 0.25) is 11.8 Å². The summed E-state index contributed by atoms with van der Waals surface area (Å²) in [6.45, 7) is 6.56. The SMILES string of the molecule is CC(C)(C)C(=O)N1CCCC(C(=O)Nc2ccc(Cl)c([N+](=O)[O-])c2)C1. The zero-order chi connectivity index (χ0) is 18.8. The first-order chi connectivity index (χ1) is 11.6. The molecule has 0 bridgehead atoms. The van der Waals surface area contributed by atoms with Gasteiger partial charge < -0.3 is 10.2 Å². The Labute approximate surface area is 151 Å². The van der Waals surface area contributed by atoms with Gasteiger partial charge in [0.1, 0.15) is 5.02 Å². The van der Waals surface area contributed by atoms with Crippen LogP contribution in [0.1, 0.15) is 33.6 Å². The zero-order valence-corrected chi connectivity index (χ0v) is 15.3. The number of likely N-dealkylation sites (tertiary alicyclic amines) is 1. The minimum absolute atomic E-state index is 0.0163. The smallest absolute Gasteiger partial charge is 0.289 e. The Morgan fingerprint density at radius 1 is 1.36 bits per heavy atom. The Morgan fingerprint density at radius 2 is 2.04 bits per heavy atom. The summed E-state index contributed by atoms with van der Waals surface area (Å²) in [4.78, 5) is 37.0. The van der Waals surface area contributed by atoms with Crippen LogP contribution < -0.4 is 5.32 Å². The van der Waals surface area contributed by atoms with Crippen molar-refractivity contribution in [2.24, 2.45) is 11.3 Å². The number of nitrogens with zero attached hydrogens (tertiary/aromatic N) is 2. The lowest BCUT2D eigenvalue weighted by Gasteiger charge is -2.35. The van der Waals surface area contributed by atoms with Gasteiger partial charge >= 0.3 is 0 Å². The van der Waals surface area contributed by atoms with Crippen molar-refractivity contribution in [3.63, 3.8) is 0 Å². The third-order valence-electron chi connectivity index (χ3n) is 4.13. The number of benzene rings is 1. The Balaban J connectivity index is 2.07. The number of hydrogen-bond acceptors (Lipinski definition) is 4. The van der Waals surface area contributed by atoms with Crippen LogP contribution in [-0.2, 0) is 9.59 Å². The first-order valence-corrected chi connectivity index (χ1v) is 8.51. The fourth-order valence-electron chi connectivity index (χ4n) is 2.82. The monoisotopic (exact) mass is 367 g/mol. The number of nitrogens with one attached hydrogen (secondary N) is 1. The van der Waals surface area contributed by atoms with Crippen LogP contribution in [0, 0.1) is 21.4 Å². The summed E-state index contributed by atoms with van der Waals surface area (Å²) < 4.78 is 0. The number of rotatable bonds is 3. The molecule has 1 aromatic rings. The maximum atomic E-state index is 12.5. The predicted octanol–water partition coefficient (Wildman–Crippen LogP) is 3.47. The fraction of sp³-hybridized carbons (Fsp3) is 0.529. The number of halogens is 1. The van der Waals surface area contributed by atoms with Gasteiger partial charge in [-0.15, -0.1) is 0 Å². The highest BCUT2D eigenvalue weighted by molar-refractivity contribution is 6.32. The number of piperidine rings is 1. The lowest BCUT2D eigenvalue weighted by atomic mass is 9.91. The van der Waals surface area contributed by atoms with Gasteiger partial charge in [0, 0.05) is 30.3 Å². The number of carbonyl (C=O) groups excluding carboxylic acids is 2. The Hall–Kier alpha value is -2.15. The second kappa shape index (κ2) is 7.39. The number of nitro groups is 1. The van der Waals surface area contributed by atoms with E-state index in [0.717, 1.165) is 6.42 Å². The van der Waals surface area contributed by atoms with E-state index in [-0.39, 0.29) is 28.4 Å². The Kier molecular flexibility index (Phi) is 5.67. The van der Waals surface area contributed by atoms with Crippen LogP contribution in [0.3, 0.4) is 0 Å². The molecule has 1 aromatic carbocycles. The minimum atomic E-state index is -0.595. The molecule has 1 aliphatic rings. The molecule has 1 heterocycles. The van der Waals surface area contributed by atoms with Gasteiger partial charge in [-0.1, -0.05) is 32.4 Å². The summed E-state index contributed by atoms with van der Waals surface area (Å²) in [5.41, 5.74) is -0.428. The predicted molar refractivity (Wildman–Crippen MR) is 95.5 cm³/mol. The van der Waals surface area contributed by atoms with Crippen LogP contribution in [0.5, 0.6) is 0 Å². The fourth-order valence-corrected chi connectivity index (χ4v) is 3.01. The highest BCUT2D eigenvalue weighted by Gasteiger charge is 2.33. The van der Waals surface area contributed by atoms with E-state index in [4.69, 9.17) is 11.6 Å². The second-order valence-corrected chi connectivity index (χ2v) is 7.66. The molecule has 1 aliphatic heterocycles. The zero-order valence-electron chi connectivity index (χ0n) is 14.5. The van der Waals surface area contributed by atoms with Crippen LogP contribution in [-0.4, -0.2) is 34.7 Å². The number of carbonyl (C=O) groups is 2. The van der Waals surface area contributed by atoms with Crippen LogP contribution in [0.4, 0.5) is 11.4 Å². The minimum Gasteiger partial charge on any atom is -0.341 e. The molecule has 0 spiro atoms. The van der Waals surface area contributed by atoms with Crippen molar-refractivity contribution in [1.29, 1.82) is 0 Å². The first-order valence-electron chi connectivity index (χ1n) is 8.14. The van der Waals surface area contributed by atoms with E-state index in [1.165, 1.54) is 18.2 Å². The average molecular weight is 368 g/mol. The molecule has 136 valence electrons. The number of anilines is 1. The summed E-state index contributed by atoms with van der Waals surface area (Å²) in [5, 5.41) is 13.6.